The van der Waals surface area contributed by atoms with E-state index in [1.54, 1.807) is 7.05 Å². The predicted octanol–water partition coefficient (Wildman–Crippen LogP) is 0.514. The third kappa shape index (κ3) is 7.49. The van der Waals surface area contributed by atoms with Gasteiger partial charge in [0, 0.05) is 7.05 Å². The van der Waals surface area contributed by atoms with Crippen molar-refractivity contribution in [1.82, 2.24) is 9.96 Å². The van der Waals surface area contributed by atoms with Gasteiger partial charge in [0.05, 0.1) is 17.4 Å². The molecule has 0 aromatic rings. The molecular weight excluding hydrogens is 168 g/mol. The van der Waals surface area contributed by atoms with Crippen molar-refractivity contribution < 1.29 is 9.63 Å². The normalized spacial score (nSPS) is 10.5. The summed E-state index contributed by atoms with van der Waals surface area (Å²) in [6, 6.07) is 0. The number of rotatable bonds is 6. The summed E-state index contributed by atoms with van der Waals surface area (Å²) in [5.74, 6) is -0.410. The molecule has 1 radical (unpaired) electrons. The zero-order valence-electron chi connectivity index (χ0n) is 8.62. The van der Waals surface area contributed by atoms with E-state index in [4.69, 9.17) is 4.84 Å². The monoisotopic (exact) mass is 186 g/mol. The summed E-state index contributed by atoms with van der Waals surface area (Å²) in [5, 5.41) is 1.52. The number of carbonyl (C=O) groups is 1. The Morgan fingerprint density at radius 3 is 2.46 bits per heavy atom. The Morgan fingerprint density at radius 1 is 1.38 bits per heavy atom. The highest BCUT2D eigenvalue weighted by atomic mass is 16.7. The van der Waals surface area contributed by atoms with Crippen LogP contribution in [0.3, 0.4) is 0 Å². The van der Waals surface area contributed by atoms with Gasteiger partial charge in [0.25, 0.3) is 0 Å². The van der Waals surface area contributed by atoms with Crippen molar-refractivity contribution in [3.63, 3.8) is 0 Å². The molecule has 0 rings (SSSR count). The number of hydrogen-bond donors (Lipinski definition) is 0. The molecule has 0 aromatic carbocycles. The molecule has 0 unspecified atom stereocenters. The van der Waals surface area contributed by atoms with Crippen molar-refractivity contribution in [3.8, 4) is 0 Å². The molecule has 13 heavy (non-hydrogen) atoms. The number of nitrogens with zero attached hydrogens (tertiary/aromatic N) is 2. The van der Waals surface area contributed by atoms with Crippen LogP contribution in [0.15, 0.2) is 12.7 Å². The van der Waals surface area contributed by atoms with Gasteiger partial charge < -0.3 is 4.90 Å². The number of hydroxylamine groups is 2. The van der Waals surface area contributed by atoms with Crippen LogP contribution in [-0.2, 0) is 9.63 Å². The minimum absolute atomic E-state index is 0.410. The van der Waals surface area contributed by atoms with Crippen molar-refractivity contribution >= 4 is 5.97 Å². The van der Waals surface area contributed by atoms with Crippen LogP contribution in [0.4, 0.5) is 0 Å². The highest BCUT2D eigenvalue weighted by Crippen LogP contribution is 1.91. The summed E-state index contributed by atoms with van der Waals surface area (Å²) in [6.45, 7) is 5.03. The van der Waals surface area contributed by atoms with Gasteiger partial charge >= 0.3 is 5.97 Å². The molecule has 0 heterocycles. The molecule has 0 aromatic heterocycles. The van der Waals surface area contributed by atoms with Gasteiger partial charge in [-0.3, -0.25) is 0 Å². The molecule has 0 spiro atoms. The minimum Gasteiger partial charge on any atom is -0.309 e. The van der Waals surface area contributed by atoms with Crippen LogP contribution >= 0.6 is 0 Å². The molecule has 75 valence electrons. The number of carbonyl (C=O) groups excluding carboxylic acids is 1. The topological polar surface area (TPSA) is 35.6 Å². The average molecular weight is 186 g/mol. The van der Waals surface area contributed by atoms with E-state index in [0.29, 0.717) is 0 Å². The quantitative estimate of drug-likeness (QED) is 0.344. The molecule has 0 fully saturated rings. The lowest BCUT2D eigenvalue weighted by molar-refractivity contribution is -0.177. The summed E-state index contributed by atoms with van der Waals surface area (Å²) in [7, 11) is 5.75. The van der Waals surface area contributed by atoms with E-state index in [2.05, 4.69) is 11.5 Å². The first-order valence-electron chi connectivity index (χ1n) is 4.26. The van der Waals surface area contributed by atoms with Gasteiger partial charge in [-0.25, -0.2) is 0 Å². The van der Waals surface area contributed by atoms with E-state index >= 15 is 0 Å². The van der Waals surface area contributed by atoms with E-state index in [1.807, 2.05) is 14.1 Å². The van der Waals surface area contributed by atoms with Gasteiger partial charge in [-0.2, -0.15) is 4.84 Å². The van der Waals surface area contributed by atoms with Crippen LogP contribution in [0.2, 0.25) is 0 Å². The van der Waals surface area contributed by atoms with E-state index in [9.17, 15) is 4.79 Å². The maximum Gasteiger partial charge on any atom is 0.623 e. The highest BCUT2D eigenvalue weighted by molar-refractivity contribution is 5.80. The first kappa shape index (κ1) is 12.1. The summed E-state index contributed by atoms with van der Waals surface area (Å²) < 4.78 is 0. The molecule has 0 aliphatic rings. The summed E-state index contributed by atoms with van der Waals surface area (Å²) in [5.41, 5.74) is 0. The van der Waals surface area contributed by atoms with Crippen LogP contribution in [-0.4, -0.2) is 50.2 Å². The van der Waals surface area contributed by atoms with E-state index in [-0.39, 0.29) is 0 Å². The largest absolute Gasteiger partial charge is 0.623 e. The van der Waals surface area contributed by atoms with Crippen LogP contribution in [0, 0.1) is 0 Å². The summed E-state index contributed by atoms with van der Waals surface area (Å²) in [6.07, 6.45) is 2.12. The van der Waals surface area contributed by atoms with Gasteiger partial charge in [-0.05, 0) is 32.1 Å². The van der Waals surface area contributed by atoms with Crippen molar-refractivity contribution in [2.24, 2.45) is 0 Å². The third-order valence-electron chi connectivity index (χ3n) is 1.49. The van der Waals surface area contributed by atoms with E-state index in [1.165, 1.54) is 5.06 Å². The molecule has 4 nitrogen and oxygen atoms in total. The van der Waals surface area contributed by atoms with Crippen LogP contribution < -0.4 is 0 Å². The van der Waals surface area contributed by atoms with Crippen molar-refractivity contribution in [2.45, 2.75) is 6.42 Å². The molecular formula is C9H18N2O2+. The molecule has 0 aliphatic heterocycles. The Balaban J connectivity index is 3.45. The fraction of sp³-hybridized carbons (Fsp3) is 0.667. The smallest absolute Gasteiger partial charge is 0.309 e. The second kappa shape index (κ2) is 6.62. The SMILES string of the molecule is C=CC(=[O+])ON(C)CCCN(C)C. The highest BCUT2D eigenvalue weighted by Gasteiger charge is 2.15. The standard InChI is InChI=1S/C9H18N2O2/c1-5-9(12)13-11(4)8-6-7-10(2)3/h5H,1,6-8H2,2-4H3/q+1. The Hall–Kier alpha value is -0.870. The molecule has 0 N–H and O–H groups in total. The maximum atomic E-state index is 10.7. The zero-order valence-corrected chi connectivity index (χ0v) is 8.62. The second-order valence-electron chi connectivity index (χ2n) is 3.12. The Morgan fingerprint density at radius 2 is 2.00 bits per heavy atom. The van der Waals surface area contributed by atoms with Crippen molar-refractivity contribution in [1.29, 1.82) is 0 Å². The lowest BCUT2D eigenvalue weighted by atomic mass is 10.4. The van der Waals surface area contributed by atoms with Crippen LogP contribution in [0.5, 0.6) is 0 Å². The lowest BCUT2D eigenvalue weighted by Gasteiger charge is -2.10. The molecule has 0 atom stereocenters. The molecule has 4 heteroatoms. The lowest BCUT2D eigenvalue weighted by Crippen LogP contribution is -2.26. The maximum absolute atomic E-state index is 10.7. The molecule has 0 bridgehead atoms. The first-order chi connectivity index (χ1) is 6.06. The minimum atomic E-state index is -0.410. The Kier molecular flexibility index (Phi) is 6.18. The molecule has 0 saturated carbocycles. The third-order valence-corrected chi connectivity index (χ3v) is 1.49. The molecule has 0 saturated heterocycles. The second-order valence-corrected chi connectivity index (χ2v) is 3.12. The Labute approximate surface area is 79.7 Å². The fourth-order valence-corrected chi connectivity index (χ4v) is 0.846. The number of hydrogen-bond acceptors (Lipinski definition) is 4. The Bertz CT molecular complexity index is 169. The zero-order chi connectivity index (χ0) is 10.3. The van der Waals surface area contributed by atoms with Gasteiger partial charge in [0.1, 0.15) is 0 Å². The van der Waals surface area contributed by atoms with Gasteiger partial charge in [-0.1, -0.05) is 6.58 Å². The van der Waals surface area contributed by atoms with Crippen molar-refractivity contribution in [2.75, 3.05) is 34.2 Å². The van der Waals surface area contributed by atoms with Gasteiger partial charge in [-0.15, -0.1) is 0 Å². The molecule has 0 aliphatic carbocycles. The average Bonchev–Trinajstić information content (AvgIpc) is 2.03. The van der Waals surface area contributed by atoms with Crippen molar-refractivity contribution in [3.05, 3.63) is 12.7 Å². The van der Waals surface area contributed by atoms with Crippen LogP contribution in [0.1, 0.15) is 6.42 Å². The first-order valence-corrected chi connectivity index (χ1v) is 4.26. The van der Waals surface area contributed by atoms with Gasteiger partial charge in [0.15, 0.2) is 0 Å². The van der Waals surface area contributed by atoms with Crippen LogP contribution in [0.25, 0.3) is 0 Å². The summed E-state index contributed by atoms with van der Waals surface area (Å²) >= 11 is 0. The predicted molar refractivity (Wildman–Crippen MR) is 52.1 cm³/mol. The molecule has 0 amide bonds. The van der Waals surface area contributed by atoms with E-state index in [0.717, 1.165) is 25.6 Å². The van der Waals surface area contributed by atoms with E-state index < -0.39 is 5.97 Å². The fourth-order valence-electron chi connectivity index (χ4n) is 0.846. The van der Waals surface area contributed by atoms with Gasteiger partial charge in [0.2, 0.25) is 0 Å². The summed E-state index contributed by atoms with van der Waals surface area (Å²) in [4.78, 5) is 17.7.